The van der Waals surface area contributed by atoms with Crippen LogP contribution in [0.3, 0.4) is 0 Å². The summed E-state index contributed by atoms with van der Waals surface area (Å²) in [5, 5.41) is 0. The molecule has 0 bridgehead atoms. The number of esters is 1. The van der Waals surface area contributed by atoms with Crippen molar-refractivity contribution in [3.05, 3.63) is 51.2 Å². The maximum atomic E-state index is 15.4. The van der Waals surface area contributed by atoms with Crippen molar-refractivity contribution >= 4 is 23.2 Å². The Labute approximate surface area is 167 Å². The summed E-state index contributed by atoms with van der Waals surface area (Å²) >= 11 is 0. The molecule has 0 radical (unpaired) electrons. The number of fused-ring (bicyclic) bond motifs is 5. The fraction of sp³-hybridized carbons (Fsp3) is 0.455. The lowest BCUT2D eigenvalue weighted by Crippen LogP contribution is -2.32. The summed E-state index contributed by atoms with van der Waals surface area (Å²) in [6.45, 7) is 2.47. The minimum Gasteiger partial charge on any atom is -0.462 e. The zero-order valence-corrected chi connectivity index (χ0v) is 16.4. The van der Waals surface area contributed by atoms with Gasteiger partial charge in [-0.1, -0.05) is 12.2 Å². The summed E-state index contributed by atoms with van der Waals surface area (Å²) in [4.78, 5) is 27.5. The fourth-order valence-electron chi connectivity index (χ4n) is 4.78. The van der Waals surface area contributed by atoms with Gasteiger partial charge < -0.3 is 15.4 Å². The number of carbonyl (C=O) groups is 1. The number of ether oxygens (including phenoxy) is 1. The molecule has 1 saturated carbocycles. The van der Waals surface area contributed by atoms with E-state index in [4.69, 9.17) is 10.5 Å². The molecule has 0 amide bonds. The molecule has 1 saturated heterocycles. The van der Waals surface area contributed by atoms with Crippen molar-refractivity contribution in [2.75, 3.05) is 18.1 Å². The van der Waals surface area contributed by atoms with Gasteiger partial charge in [0.05, 0.1) is 24.0 Å². The van der Waals surface area contributed by atoms with Gasteiger partial charge in [-0.3, -0.25) is 9.20 Å². The Kier molecular flexibility index (Phi) is 4.24. The van der Waals surface area contributed by atoms with Crippen LogP contribution < -0.4 is 16.2 Å². The molecule has 7 heteroatoms. The number of aromatic nitrogens is 1. The Bertz CT molecular complexity index is 1100. The van der Waals surface area contributed by atoms with Crippen molar-refractivity contribution in [1.82, 2.24) is 4.40 Å². The second kappa shape index (κ2) is 6.69. The van der Waals surface area contributed by atoms with Gasteiger partial charge in [0, 0.05) is 24.2 Å². The summed E-state index contributed by atoms with van der Waals surface area (Å²) in [6, 6.07) is 1.83. The van der Waals surface area contributed by atoms with E-state index in [2.05, 4.69) is 4.90 Å². The van der Waals surface area contributed by atoms with Gasteiger partial charge >= 0.3 is 5.97 Å². The van der Waals surface area contributed by atoms with E-state index >= 15 is 4.39 Å². The van der Waals surface area contributed by atoms with Crippen LogP contribution in [0.1, 0.15) is 60.0 Å². The number of hydrogen-bond donors (Lipinski definition) is 1. The molecule has 29 heavy (non-hydrogen) atoms. The highest BCUT2D eigenvalue weighted by molar-refractivity contribution is 5.92. The van der Waals surface area contributed by atoms with E-state index in [0.29, 0.717) is 23.3 Å². The van der Waals surface area contributed by atoms with Gasteiger partial charge in [-0.2, -0.15) is 0 Å². The van der Waals surface area contributed by atoms with Crippen LogP contribution in [0.5, 0.6) is 0 Å². The smallest absolute Gasteiger partial charge is 0.343 e. The molecule has 0 aromatic carbocycles. The number of nitrogens with two attached hydrogens (primary N) is 1. The van der Waals surface area contributed by atoms with E-state index in [9.17, 15) is 9.59 Å². The zero-order valence-electron chi connectivity index (χ0n) is 16.4. The molecule has 6 nitrogen and oxygen atoms in total. The first-order valence-electron chi connectivity index (χ1n) is 10.3. The molecule has 2 aromatic rings. The van der Waals surface area contributed by atoms with Crippen LogP contribution in [-0.4, -0.2) is 35.6 Å². The van der Waals surface area contributed by atoms with Crippen LogP contribution in [0.2, 0.25) is 0 Å². The summed E-state index contributed by atoms with van der Waals surface area (Å²) in [7, 11) is 0. The first kappa shape index (κ1) is 18.4. The van der Waals surface area contributed by atoms with E-state index in [1.54, 1.807) is 13.0 Å². The van der Waals surface area contributed by atoms with Gasteiger partial charge in [0.15, 0.2) is 5.82 Å². The van der Waals surface area contributed by atoms with Crippen molar-refractivity contribution in [3.8, 4) is 0 Å². The standard InChI is InChI=1S/C22H24FN3O3/c1-2-29-22(28)17-9-16(12-6-7-12)19-15-5-3-4-14-8-13(24)10-25(14)20(15)18(23)11-26(19)21(17)27/h3,5,9,11-14H,2,4,6-8,10,24H2,1H3/t13-,14+/m0/s1. The SMILES string of the molecule is CCOC(=O)c1cc(C2CC2)c2c3c(c(F)cn2c1=O)N1C[C@@H](N)C[C@H]1CC=C3. The molecule has 2 aromatic heterocycles. The van der Waals surface area contributed by atoms with E-state index in [1.807, 2.05) is 12.2 Å². The van der Waals surface area contributed by atoms with Crippen LogP contribution >= 0.6 is 0 Å². The van der Waals surface area contributed by atoms with Crippen molar-refractivity contribution in [2.45, 2.75) is 50.6 Å². The highest BCUT2D eigenvalue weighted by Crippen LogP contribution is 2.45. The Morgan fingerprint density at radius 2 is 2.17 bits per heavy atom. The third-order valence-electron chi connectivity index (χ3n) is 6.18. The normalized spacial score (nSPS) is 23.1. The van der Waals surface area contributed by atoms with Crippen molar-refractivity contribution in [3.63, 3.8) is 0 Å². The lowest BCUT2D eigenvalue weighted by atomic mass is 10.0. The quantitative estimate of drug-likeness (QED) is 0.806. The van der Waals surface area contributed by atoms with Gasteiger partial charge in [-0.15, -0.1) is 0 Å². The first-order valence-corrected chi connectivity index (χ1v) is 10.3. The largest absolute Gasteiger partial charge is 0.462 e. The molecule has 2 N–H and O–H groups in total. The number of rotatable bonds is 3. The Balaban J connectivity index is 1.82. The van der Waals surface area contributed by atoms with Gasteiger partial charge in [0.2, 0.25) is 0 Å². The Morgan fingerprint density at radius 1 is 1.38 bits per heavy atom. The molecular weight excluding hydrogens is 373 g/mol. The van der Waals surface area contributed by atoms with E-state index in [-0.39, 0.29) is 30.2 Å². The van der Waals surface area contributed by atoms with Crippen LogP contribution in [0.25, 0.3) is 11.6 Å². The molecule has 1 aliphatic carbocycles. The van der Waals surface area contributed by atoms with Crippen LogP contribution in [-0.2, 0) is 4.74 Å². The Hall–Kier alpha value is -2.67. The number of nitrogens with zero attached hydrogens (tertiary/aromatic N) is 2. The molecular formula is C22H24FN3O3. The number of pyridine rings is 2. The minimum absolute atomic E-state index is 0.00580. The third-order valence-corrected chi connectivity index (χ3v) is 6.18. The molecule has 0 spiro atoms. The molecule has 2 fully saturated rings. The van der Waals surface area contributed by atoms with Crippen LogP contribution in [0.15, 0.2) is 23.1 Å². The maximum Gasteiger partial charge on any atom is 0.343 e. The predicted octanol–water partition coefficient (Wildman–Crippen LogP) is 2.82. The molecule has 2 atom stereocenters. The van der Waals surface area contributed by atoms with Crippen molar-refractivity contribution in [1.29, 1.82) is 0 Å². The lowest BCUT2D eigenvalue weighted by molar-refractivity contribution is 0.0524. The van der Waals surface area contributed by atoms with E-state index in [0.717, 1.165) is 31.2 Å². The summed E-state index contributed by atoms with van der Waals surface area (Å²) < 4.78 is 21.7. The summed E-state index contributed by atoms with van der Waals surface area (Å²) in [5.74, 6) is -0.866. The first-order chi connectivity index (χ1) is 14.0. The third kappa shape index (κ3) is 2.87. The number of halogens is 1. The highest BCUT2D eigenvalue weighted by Gasteiger charge is 2.36. The molecule has 4 heterocycles. The van der Waals surface area contributed by atoms with E-state index < -0.39 is 17.3 Å². The fourth-order valence-corrected chi connectivity index (χ4v) is 4.78. The maximum absolute atomic E-state index is 15.4. The molecule has 0 unspecified atom stereocenters. The molecule has 3 aliphatic rings. The zero-order chi connectivity index (χ0) is 20.3. The molecule has 2 aliphatic heterocycles. The minimum atomic E-state index is -0.662. The van der Waals surface area contributed by atoms with Gasteiger partial charge in [-0.25, -0.2) is 9.18 Å². The summed E-state index contributed by atoms with van der Waals surface area (Å²) in [5.41, 5.74) is 8.41. The predicted molar refractivity (Wildman–Crippen MR) is 109 cm³/mol. The van der Waals surface area contributed by atoms with Crippen molar-refractivity contribution in [2.24, 2.45) is 5.73 Å². The number of carbonyl (C=O) groups excluding carboxylic acids is 1. The number of anilines is 1. The van der Waals surface area contributed by atoms with Crippen LogP contribution in [0.4, 0.5) is 10.1 Å². The van der Waals surface area contributed by atoms with Crippen LogP contribution in [0, 0.1) is 5.82 Å². The Morgan fingerprint density at radius 3 is 2.90 bits per heavy atom. The second-order valence-electron chi connectivity index (χ2n) is 8.21. The van der Waals surface area contributed by atoms with Crippen molar-refractivity contribution < 1.29 is 13.9 Å². The highest BCUT2D eigenvalue weighted by atomic mass is 19.1. The molecule has 152 valence electrons. The monoisotopic (exact) mass is 397 g/mol. The van der Waals surface area contributed by atoms with Gasteiger partial charge in [-0.05, 0) is 50.2 Å². The van der Waals surface area contributed by atoms with Gasteiger partial charge in [0.1, 0.15) is 5.56 Å². The second-order valence-corrected chi connectivity index (χ2v) is 8.21. The lowest BCUT2D eigenvalue weighted by Gasteiger charge is -2.27. The average molecular weight is 397 g/mol. The number of hydrogen-bond acceptors (Lipinski definition) is 5. The topological polar surface area (TPSA) is 77.0 Å². The van der Waals surface area contributed by atoms with Gasteiger partial charge in [0.25, 0.3) is 5.56 Å². The average Bonchev–Trinajstić information content (AvgIpc) is 3.47. The summed E-state index contributed by atoms with van der Waals surface area (Å²) in [6.07, 6.45) is 8.78. The molecule has 5 rings (SSSR count). The van der Waals surface area contributed by atoms with E-state index in [1.165, 1.54) is 10.6 Å².